The summed E-state index contributed by atoms with van der Waals surface area (Å²) >= 11 is 7.31. The number of thiazole rings is 1. The molecule has 0 saturated heterocycles. The third-order valence-electron chi connectivity index (χ3n) is 3.78. The van der Waals surface area contributed by atoms with Gasteiger partial charge in [-0.15, -0.1) is 11.3 Å². The molecule has 1 amide bonds. The minimum absolute atomic E-state index is 0.311. The van der Waals surface area contributed by atoms with Gasteiger partial charge in [0.05, 0.1) is 21.3 Å². The number of esters is 1. The number of carbonyl (C=O) groups excluding carboxylic acids is 2. The number of anilines is 1. The normalized spacial score (nSPS) is 11.6. The van der Waals surface area contributed by atoms with Gasteiger partial charge in [-0.2, -0.15) is 0 Å². The Morgan fingerprint density at radius 1 is 1.21 bits per heavy atom. The van der Waals surface area contributed by atoms with Crippen molar-refractivity contribution in [2.45, 2.75) is 26.6 Å². The fourth-order valence-corrected chi connectivity index (χ4v) is 2.99. The van der Waals surface area contributed by atoms with Gasteiger partial charge < -0.3 is 14.8 Å². The van der Waals surface area contributed by atoms with Gasteiger partial charge in [-0.25, -0.2) is 14.8 Å². The summed E-state index contributed by atoms with van der Waals surface area (Å²) in [5, 5.41) is 5.93. The third kappa shape index (κ3) is 6.00. The van der Waals surface area contributed by atoms with Gasteiger partial charge in [0.1, 0.15) is 18.2 Å². The summed E-state index contributed by atoms with van der Waals surface area (Å²) < 4.78 is 10.9. The quantitative estimate of drug-likeness (QED) is 0.562. The summed E-state index contributed by atoms with van der Waals surface area (Å²) in [4.78, 5) is 32.7. The molecule has 7 nitrogen and oxygen atoms in total. The van der Waals surface area contributed by atoms with Crippen molar-refractivity contribution in [3.63, 3.8) is 0 Å². The maximum Gasteiger partial charge on any atom is 0.338 e. The van der Waals surface area contributed by atoms with E-state index in [2.05, 4.69) is 15.3 Å². The summed E-state index contributed by atoms with van der Waals surface area (Å²) in [5.41, 5.74) is 1.16. The summed E-state index contributed by atoms with van der Waals surface area (Å²) in [6, 6.07) is 9.64. The number of rotatable bonds is 7. The van der Waals surface area contributed by atoms with Crippen molar-refractivity contribution in [1.29, 1.82) is 0 Å². The molecular formula is C20H18ClN3O4S. The molecule has 0 aliphatic carbocycles. The van der Waals surface area contributed by atoms with Crippen LogP contribution in [-0.4, -0.2) is 27.9 Å². The second kappa shape index (κ2) is 9.49. The Balaban J connectivity index is 1.51. The van der Waals surface area contributed by atoms with Crippen molar-refractivity contribution in [1.82, 2.24) is 9.97 Å². The van der Waals surface area contributed by atoms with Gasteiger partial charge in [-0.1, -0.05) is 11.6 Å². The molecule has 0 bridgehead atoms. The van der Waals surface area contributed by atoms with Crippen molar-refractivity contribution in [3.8, 4) is 5.75 Å². The van der Waals surface area contributed by atoms with Gasteiger partial charge in [0.15, 0.2) is 6.10 Å². The van der Waals surface area contributed by atoms with Gasteiger partial charge in [0.25, 0.3) is 5.91 Å². The van der Waals surface area contributed by atoms with Gasteiger partial charge in [-0.3, -0.25) is 4.79 Å². The molecular weight excluding hydrogens is 414 g/mol. The first-order valence-corrected chi connectivity index (χ1v) is 9.94. The Labute approximate surface area is 176 Å². The molecule has 1 N–H and O–H groups in total. The van der Waals surface area contributed by atoms with E-state index in [1.165, 1.54) is 13.1 Å². The number of aryl methyl sites for hydroxylation is 1. The van der Waals surface area contributed by atoms with Crippen LogP contribution in [0.2, 0.25) is 5.02 Å². The number of nitrogens with one attached hydrogen (secondary N) is 1. The Hall–Kier alpha value is -2.97. The van der Waals surface area contributed by atoms with E-state index >= 15 is 0 Å². The molecule has 0 saturated carbocycles. The number of carbonyl (C=O) groups is 2. The Bertz CT molecular complexity index is 990. The molecule has 0 fully saturated rings. The lowest BCUT2D eigenvalue weighted by atomic mass is 10.2. The largest absolute Gasteiger partial charge is 0.487 e. The van der Waals surface area contributed by atoms with Crippen LogP contribution in [0.15, 0.2) is 48.0 Å². The lowest BCUT2D eigenvalue weighted by Gasteiger charge is -2.13. The van der Waals surface area contributed by atoms with Crippen molar-refractivity contribution in [2.24, 2.45) is 0 Å². The van der Waals surface area contributed by atoms with Crippen molar-refractivity contribution < 1.29 is 19.1 Å². The average molecular weight is 432 g/mol. The second-order valence-electron chi connectivity index (χ2n) is 6.07. The highest BCUT2D eigenvalue weighted by Gasteiger charge is 2.19. The monoisotopic (exact) mass is 431 g/mol. The van der Waals surface area contributed by atoms with Gasteiger partial charge >= 0.3 is 5.97 Å². The molecule has 1 atom stereocenters. The standard InChI is InChI=1S/C20H18ClN3O4S/c1-12(19(25)24-18-8-5-15(21)9-22-18)28-20(26)14-3-6-17(7-4-14)27-10-16-11-29-13(2)23-16/h3-9,11-12H,10H2,1-2H3,(H,22,24,25). The number of hydrogen-bond acceptors (Lipinski definition) is 7. The van der Waals surface area contributed by atoms with Crippen LogP contribution in [-0.2, 0) is 16.1 Å². The van der Waals surface area contributed by atoms with Gasteiger partial charge in [-0.05, 0) is 50.2 Å². The predicted octanol–water partition coefficient (Wildman–Crippen LogP) is 4.26. The van der Waals surface area contributed by atoms with Crippen LogP contribution in [0, 0.1) is 6.92 Å². The maximum absolute atomic E-state index is 12.3. The van der Waals surface area contributed by atoms with Crippen molar-refractivity contribution >= 4 is 40.6 Å². The van der Waals surface area contributed by atoms with E-state index in [4.69, 9.17) is 21.1 Å². The SMILES string of the molecule is Cc1nc(COc2ccc(C(=O)OC(C)C(=O)Nc3ccc(Cl)cn3)cc2)cs1. The summed E-state index contributed by atoms with van der Waals surface area (Å²) in [7, 11) is 0. The molecule has 1 aromatic carbocycles. The van der Waals surface area contributed by atoms with Crippen LogP contribution in [0.25, 0.3) is 0 Å². The van der Waals surface area contributed by atoms with Gasteiger partial charge in [0.2, 0.25) is 0 Å². The summed E-state index contributed by atoms with van der Waals surface area (Å²) in [6.07, 6.45) is 0.413. The van der Waals surface area contributed by atoms with Crippen LogP contribution in [0.3, 0.4) is 0 Å². The van der Waals surface area contributed by atoms with Crippen LogP contribution in [0.5, 0.6) is 5.75 Å². The van der Waals surface area contributed by atoms with E-state index in [1.54, 1.807) is 47.7 Å². The first-order chi connectivity index (χ1) is 13.9. The first-order valence-electron chi connectivity index (χ1n) is 8.68. The molecule has 0 radical (unpaired) electrons. The third-order valence-corrected chi connectivity index (χ3v) is 4.82. The second-order valence-corrected chi connectivity index (χ2v) is 7.57. The number of ether oxygens (including phenoxy) is 2. The zero-order chi connectivity index (χ0) is 20.8. The number of hydrogen-bond donors (Lipinski definition) is 1. The molecule has 0 spiro atoms. The van der Waals surface area contributed by atoms with E-state index in [0.29, 0.717) is 28.8 Å². The average Bonchev–Trinajstić information content (AvgIpc) is 3.13. The Kier molecular flexibility index (Phi) is 6.79. The maximum atomic E-state index is 12.3. The number of benzene rings is 1. The van der Waals surface area contributed by atoms with Crippen molar-refractivity contribution in [2.75, 3.05) is 5.32 Å². The highest BCUT2D eigenvalue weighted by Crippen LogP contribution is 2.17. The molecule has 0 aliphatic rings. The molecule has 150 valence electrons. The molecule has 3 aromatic rings. The van der Waals surface area contributed by atoms with Gasteiger partial charge in [0, 0.05) is 11.6 Å². The van der Waals surface area contributed by atoms with Crippen LogP contribution in [0.1, 0.15) is 28.0 Å². The molecule has 2 aromatic heterocycles. The Morgan fingerprint density at radius 3 is 2.59 bits per heavy atom. The van der Waals surface area contributed by atoms with E-state index in [-0.39, 0.29) is 0 Å². The molecule has 1 unspecified atom stereocenters. The van der Waals surface area contributed by atoms with E-state index < -0.39 is 18.0 Å². The number of aromatic nitrogens is 2. The van der Waals surface area contributed by atoms with E-state index in [9.17, 15) is 9.59 Å². The lowest BCUT2D eigenvalue weighted by molar-refractivity contribution is -0.123. The van der Waals surface area contributed by atoms with Crippen molar-refractivity contribution in [3.05, 3.63) is 69.3 Å². The van der Waals surface area contributed by atoms with E-state index in [1.807, 2.05) is 12.3 Å². The minimum atomic E-state index is -0.996. The molecule has 0 aliphatic heterocycles. The summed E-state index contributed by atoms with van der Waals surface area (Å²) in [6.45, 7) is 3.77. The number of amides is 1. The van der Waals surface area contributed by atoms with Crippen LogP contribution < -0.4 is 10.1 Å². The topological polar surface area (TPSA) is 90.4 Å². The summed E-state index contributed by atoms with van der Waals surface area (Å²) in [5.74, 6) is -0.184. The molecule has 2 heterocycles. The fourth-order valence-electron chi connectivity index (χ4n) is 2.28. The number of halogens is 1. The zero-order valence-corrected chi connectivity index (χ0v) is 17.3. The smallest absolute Gasteiger partial charge is 0.338 e. The predicted molar refractivity (Wildman–Crippen MR) is 110 cm³/mol. The number of nitrogens with zero attached hydrogens (tertiary/aromatic N) is 2. The molecule has 3 rings (SSSR count). The highest BCUT2D eigenvalue weighted by atomic mass is 35.5. The highest BCUT2D eigenvalue weighted by molar-refractivity contribution is 7.09. The first kappa shape index (κ1) is 20.8. The minimum Gasteiger partial charge on any atom is -0.487 e. The zero-order valence-electron chi connectivity index (χ0n) is 15.7. The van der Waals surface area contributed by atoms with E-state index in [0.717, 1.165) is 10.7 Å². The Morgan fingerprint density at radius 2 is 1.97 bits per heavy atom. The fraction of sp³-hybridized carbons (Fsp3) is 0.200. The van der Waals surface area contributed by atoms with Crippen LogP contribution in [0.4, 0.5) is 5.82 Å². The lowest BCUT2D eigenvalue weighted by Crippen LogP contribution is -2.30. The molecule has 29 heavy (non-hydrogen) atoms. The molecule has 9 heteroatoms. The number of pyridine rings is 1. The van der Waals surface area contributed by atoms with Crippen LogP contribution >= 0.6 is 22.9 Å².